The van der Waals surface area contributed by atoms with Crippen molar-refractivity contribution in [2.45, 2.75) is 0 Å². The lowest BCUT2D eigenvalue weighted by Gasteiger charge is -2.12. The summed E-state index contributed by atoms with van der Waals surface area (Å²) in [7, 11) is 0. The van der Waals surface area contributed by atoms with Gasteiger partial charge >= 0.3 is 0 Å². The van der Waals surface area contributed by atoms with E-state index in [1.165, 1.54) is 0 Å². The van der Waals surface area contributed by atoms with Crippen molar-refractivity contribution in [3.8, 4) is 39.3 Å². The van der Waals surface area contributed by atoms with Gasteiger partial charge in [-0.15, -0.1) is 11.3 Å². The fraction of sp³-hybridized carbons (Fsp3) is 0. The molecule has 0 radical (unpaired) electrons. The first kappa shape index (κ1) is 22.8. The highest BCUT2D eigenvalue weighted by atomic mass is 32.1. The van der Waals surface area contributed by atoms with Gasteiger partial charge in [0, 0.05) is 27.5 Å². The summed E-state index contributed by atoms with van der Waals surface area (Å²) in [6.07, 6.45) is 0. The van der Waals surface area contributed by atoms with Crippen LogP contribution in [0, 0.1) is 0 Å². The summed E-state index contributed by atoms with van der Waals surface area (Å²) in [5, 5.41) is 3.25. The first-order chi connectivity index (χ1) is 19.8. The second-order valence-corrected chi connectivity index (χ2v) is 10.6. The van der Waals surface area contributed by atoms with Crippen LogP contribution in [0.25, 0.3) is 71.3 Å². The van der Waals surface area contributed by atoms with Gasteiger partial charge < -0.3 is 0 Å². The second kappa shape index (κ2) is 9.22. The van der Waals surface area contributed by atoms with Gasteiger partial charge in [0.05, 0.1) is 21.3 Å². The smallest absolute Gasteiger partial charge is 0.238 e. The van der Waals surface area contributed by atoms with Crippen molar-refractivity contribution in [3.05, 3.63) is 127 Å². The maximum atomic E-state index is 5.07. The van der Waals surface area contributed by atoms with Crippen LogP contribution in [-0.4, -0.2) is 24.5 Å². The molecule has 5 nitrogen and oxygen atoms in total. The van der Waals surface area contributed by atoms with Crippen molar-refractivity contribution in [1.29, 1.82) is 0 Å². The van der Waals surface area contributed by atoms with Gasteiger partial charge in [-0.05, 0) is 24.3 Å². The highest BCUT2D eigenvalue weighted by Crippen LogP contribution is 2.40. The maximum Gasteiger partial charge on any atom is 0.238 e. The van der Waals surface area contributed by atoms with E-state index in [9.17, 15) is 0 Å². The van der Waals surface area contributed by atoms with Crippen molar-refractivity contribution < 1.29 is 0 Å². The van der Waals surface area contributed by atoms with Crippen LogP contribution in [0.1, 0.15) is 0 Å². The highest BCUT2D eigenvalue weighted by Gasteiger charge is 2.21. The molecule has 0 N–H and O–H groups in total. The zero-order chi connectivity index (χ0) is 26.5. The number of rotatable bonds is 4. The Kier molecular flexibility index (Phi) is 5.24. The van der Waals surface area contributed by atoms with Crippen molar-refractivity contribution in [1.82, 2.24) is 24.5 Å². The molecule has 3 heterocycles. The molecule has 0 saturated carbocycles. The van der Waals surface area contributed by atoms with Gasteiger partial charge in [-0.2, -0.15) is 9.97 Å². The van der Waals surface area contributed by atoms with Crippen LogP contribution in [0.2, 0.25) is 0 Å². The first-order valence-corrected chi connectivity index (χ1v) is 13.9. The van der Waals surface area contributed by atoms with Gasteiger partial charge in [-0.25, -0.2) is 9.97 Å². The molecule has 0 aliphatic heterocycles. The largest absolute Gasteiger partial charge is 0.277 e. The molecule has 0 saturated heterocycles. The molecule has 40 heavy (non-hydrogen) atoms. The van der Waals surface area contributed by atoms with E-state index in [1.807, 2.05) is 66.7 Å². The molecule has 8 aromatic rings. The number of benzene rings is 5. The Hall–Kier alpha value is -5.20. The molecule has 0 atom stereocenters. The predicted octanol–water partition coefficient (Wildman–Crippen LogP) is 8.58. The molecule has 188 valence electrons. The number of para-hydroxylation sites is 3. The standard InChI is InChI=1S/C34H21N5S/c1-3-12-22(13-4-1)31-36-32(23-14-5-2-6-15-23)38-34(37-31)39-28-20-9-7-16-24(28)25-17-11-18-26(30(25)39)33-35-27-19-8-10-21-29(27)40-33/h1-21H. The lowest BCUT2D eigenvalue weighted by molar-refractivity contribution is 0.954. The van der Waals surface area contributed by atoms with Crippen molar-refractivity contribution >= 4 is 43.4 Å². The van der Waals surface area contributed by atoms with Gasteiger partial charge in [-0.3, -0.25) is 4.57 Å². The van der Waals surface area contributed by atoms with E-state index < -0.39 is 0 Å². The average molecular weight is 532 g/mol. The molecule has 5 aromatic carbocycles. The number of hydrogen-bond acceptors (Lipinski definition) is 5. The number of fused-ring (bicyclic) bond motifs is 4. The normalized spacial score (nSPS) is 11.5. The minimum absolute atomic E-state index is 0.576. The molecule has 0 fully saturated rings. The molecule has 0 amide bonds. The summed E-state index contributed by atoms with van der Waals surface area (Å²) < 4.78 is 3.34. The molecule has 0 aliphatic carbocycles. The fourth-order valence-electron chi connectivity index (χ4n) is 5.28. The summed E-state index contributed by atoms with van der Waals surface area (Å²) in [5.41, 5.74) is 6.01. The molecular formula is C34H21N5S. The molecular weight excluding hydrogens is 510 g/mol. The summed E-state index contributed by atoms with van der Waals surface area (Å²) in [4.78, 5) is 20.1. The van der Waals surface area contributed by atoms with Gasteiger partial charge in [0.2, 0.25) is 5.95 Å². The molecule has 0 spiro atoms. The fourth-order valence-corrected chi connectivity index (χ4v) is 6.28. The van der Waals surface area contributed by atoms with Crippen molar-refractivity contribution in [3.63, 3.8) is 0 Å². The Bertz CT molecular complexity index is 2070. The quantitative estimate of drug-likeness (QED) is 0.228. The third-order valence-electron chi connectivity index (χ3n) is 7.11. The van der Waals surface area contributed by atoms with E-state index in [-0.39, 0.29) is 0 Å². The second-order valence-electron chi connectivity index (χ2n) is 9.56. The zero-order valence-electron chi connectivity index (χ0n) is 21.3. The number of aromatic nitrogens is 5. The van der Waals surface area contributed by atoms with Crippen LogP contribution in [0.4, 0.5) is 0 Å². The molecule has 3 aromatic heterocycles. The molecule has 0 bridgehead atoms. The Balaban J connectivity index is 1.47. The SMILES string of the molecule is c1ccc(-c2nc(-c3ccccc3)nc(-n3c4ccccc4c4cccc(-c5nc6ccccc6s5)c43)n2)cc1. The minimum Gasteiger partial charge on any atom is -0.277 e. The Morgan fingerprint density at radius 1 is 0.500 bits per heavy atom. The maximum absolute atomic E-state index is 5.07. The van der Waals surface area contributed by atoms with E-state index in [0.717, 1.165) is 53.7 Å². The lowest BCUT2D eigenvalue weighted by atomic mass is 10.1. The van der Waals surface area contributed by atoms with Crippen LogP contribution in [0.3, 0.4) is 0 Å². The molecule has 0 unspecified atom stereocenters. The van der Waals surface area contributed by atoms with Crippen LogP contribution in [0.5, 0.6) is 0 Å². The number of thiazole rings is 1. The van der Waals surface area contributed by atoms with Gasteiger partial charge in [-0.1, -0.05) is 103 Å². The van der Waals surface area contributed by atoms with E-state index in [0.29, 0.717) is 17.6 Å². The molecule has 8 rings (SSSR count). The van der Waals surface area contributed by atoms with Gasteiger partial charge in [0.1, 0.15) is 5.01 Å². The van der Waals surface area contributed by atoms with E-state index in [4.69, 9.17) is 19.9 Å². The minimum atomic E-state index is 0.576. The summed E-state index contributed by atoms with van der Waals surface area (Å²) in [6.45, 7) is 0. The summed E-state index contributed by atoms with van der Waals surface area (Å²) >= 11 is 1.70. The Morgan fingerprint density at radius 2 is 1.12 bits per heavy atom. The molecule has 0 aliphatic rings. The third-order valence-corrected chi connectivity index (χ3v) is 8.18. The van der Waals surface area contributed by atoms with Gasteiger partial charge in [0.25, 0.3) is 0 Å². The van der Waals surface area contributed by atoms with Crippen LogP contribution < -0.4 is 0 Å². The third kappa shape index (κ3) is 3.69. The number of nitrogens with zero attached hydrogens (tertiary/aromatic N) is 5. The summed E-state index contributed by atoms with van der Waals surface area (Å²) in [6, 6.07) is 43.3. The topological polar surface area (TPSA) is 56.5 Å². The Morgan fingerprint density at radius 3 is 1.85 bits per heavy atom. The Labute approximate surface area is 234 Å². The van der Waals surface area contributed by atoms with Crippen LogP contribution >= 0.6 is 11.3 Å². The highest BCUT2D eigenvalue weighted by molar-refractivity contribution is 7.21. The zero-order valence-corrected chi connectivity index (χ0v) is 22.1. The van der Waals surface area contributed by atoms with E-state index >= 15 is 0 Å². The van der Waals surface area contributed by atoms with Crippen molar-refractivity contribution in [2.75, 3.05) is 0 Å². The van der Waals surface area contributed by atoms with Crippen LogP contribution in [0.15, 0.2) is 127 Å². The first-order valence-electron chi connectivity index (χ1n) is 13.1. The van der Waals surface area contributed by atoms with Crippen LogP contribution in [-0.2, 0) is 0 Å². The average Bonchev–Trinajstić information content (AvgIpc) is 3.61. The van der Waals surface area contributed by atoms with E-state index in [2.05, 4.69) is 65.2 Å². The monoisotopic (exact) mass is 531 g/mol. The summed E-state index contributed by atoms with van der Waals surface area (Å²) in [5.74, 6) is 1.84. The predicted molar refractivity (Wildman–Crippen MR) is 164 cm³/mol. The van der Waals surface area contributed by atoms with E-state index in [1.54, 1.807) is 11.3 Å². The van der Waals surface area contributed by atoms with Crippen molar-refractivity contribution in [2.24, 2.45) is 0 Å². The number of hydrogen-bond donors (Lipinski definition) is 0. The molecule has 6 heteroatoms. The lowest BCUT2D eigenvalue weighted by Crippen LogP contribution is -2.06. The van der Waals surface area contributed by atoms with Gasteiger partial charge in [0.15, 0.2) is 11.6 Å².